The van der Waals surface area contributed by atoms with E-state index in [0.29, 0.717) is 17.2 Å². The number of benzene rings is 1. The third-order valence-electron chi connectivity index (χ3n) is 3.04. The van der Waals surface area contributed by atoms with Gasteiger partial charge in [0.25, 0.3) is 5.91 Å². The summed E-state index contributed by atoms with van der Waals surface area (Å²) in [7, 11) is 1.43. The number of methoxy groups -OCH3 is 1. The summed E-state index contributed by atoms with van der Waals surface area (Å²) in [6.07, 6.45) is -0.123. The van der Waals surface area contributed by atoms with Gasteiger partial charge in [-0.15, -0.1) is 0 Å². The molecule has 8 nitrogen and oxygen atoms in total. The second-order valence-electron chi connectivity index (χ2n) is 5.61. The minimum absolute atomic E-state index is 0.123. The number of rotatable bonds is 7. The number of carbonyl (C=O) groups excluding carboxylic acids is 2. The van der Waals surface area contributed by atoms with Gasteiger partial charge in [-0.25, -0.2) is 4.79 Å². The van der Waals surface area contributed by atoms with Gasteiger partial charge in [0.2, 0.25) is 5.88 Å². The van der Waals surface area contributed by atoms with Crippen LogP contribution in [0.25, 0.3) is 0 Å². The number of aromatic nitrogens is 1. The smallest absolute Gasteiger partial charge is 0.338 e. The molecule has 140 valence electrons. The lowest BCUT2D eigenvalue weighted by molar-refractivity contribution is -0.119. The van der Waals surface area contributed by atoms with E-state index in [2.05, 4.69) is 10.5 Å². The normalized spacial score (nSPS) is 10.5. The predicted molar refractivity (Wildman–Crippen MR) is 93.9 cm³/mol. The second-order valence-corrected chi connectivity index (χ2v) is 6.02. The Morgan fingerprint density at radius 1 is 1.31 bits per heavy atom. The van der Waals surface area contributed by atoms with Crippen LogP contribution < -0.4 is 14.8 Å². The summed E-state index contributed by atoms with van der Waals surface area (Å²) in [5.41, 5.74) is 0.744. The first-order valence-electron chi connectivity index (χ1n) is 7.74. The molecule has 0 unspecified atom stereocenters. The first-order chi connectivity index (χ1) is 12.3. The zero-order valence-electron chi connectivity index (χ0n) is 14.8. The molecule has 1 N–H and O–H groups in total. The summed E-state index contributed by atoms with van der Waals surface area (Å²) in [4.78, 5) is 23.9. The molecule has 2 aromatic rings. The van der Waals surface area contributed by atoms with Gasteiger partial charge in [-0.1, -0.05) is 16.8 Å². The van der Waals surface area contributed by atoms with Crippen molar-refractivity contribution < 1.29 is 28.3 Å². The molecular formula is C17H19ClN2O6. The SMILES string of the molecule is COc1cc(C(=O)OCC(=O)Nc2cc(C)no2)cc(Cl)c1OC(C)C. The van der Waals surface area contributed by atoms with Crippen molar-refractivity contribution in [3.63, 3.8) is 0 Å². The van der Waals surface area contributed by atoms with Gasteiger partial charge in [0.1, 0.15) is 0 Å². The number of amides is 1. The summed E-state index contributed by atoms with van der Waals surface area (Å²) < 4.78 is 20.6. The number of aryl methyl sites for hydroxylation is 1. The fraction of sp³-hybridized carbons (Fsp3) is 0.353. The Balaban J connectivity index is 2.02. The van der Waals surface area contributed by atoms with Crippen molar-refractivity contribution in [2.45, 2.75) is 26.9 Å². The van der Waals surface area contributed by atoms with E-state index < -0.39 is 18.5 Å². The molecule has 26 heavy (non-hydrogen) atoms. The van der Waals surface area contributed by atoms with Crippen LogP contribution in [0.5, 0.6) is 11.5 Å². The molecule has 1 aromatic heterocycles. The van der Waals surface area contributed by atoms with Crippen molar-refractivity contribution in [2.75, 3.05) is 19.0 Å². The lowest BCUT2D eigenvalue weighted by atomic mass is 10.2. The molecule has 0 fully saturated rings. The maximum Gasteiger partial charge on any atom is 0.338 e. The largest absolute Gasteiger partial charge is 0.493 e. The number of hydrogen-bond donors (Lipinski definition) is 1. The minimum Gasteiger partial charge on any atom is -0.493 e. The molecule has 0 saturated carbocycles. The second kappa shape index (κ2) is 8.57. The number of halogens is 1. The van der Waals surface area contributed by atoms with Crippen molar-refractivity contribution in [1.82, 2.24) is 5.16 Å². The molecule has 1 amide bonds. The quantitative estimate of drug-likeness (QED) is 0.733. The molecule has 0 aliphatic rings. The molecule has 0 bridgehead atoms. The fourth-order valence-electron chi connectivity index (χ4n) is 2.00. The lowest BCUT2D eigenvalue weighted by Gasteiger charge is -2.16. The number of esters is 1. The molecule has 0 saturated heterocycles. The first-order valence-corrected chi connectivity index (χ1v) is 8.12. The summed E-state index contributed by atoms with van der Waals surface area (Å²) in [6, 6.07) is 4.36. The van der Waals surface area contributed by atoms with Gasteiger partial charge in [0.15, 0.2) is 18.1 Å². The van der Waals surface area contributed by atoms with Crippen LogP contribution in [0, 0.1) is 6.92 Å². The van der Waals surface area contributed by atoms with E-state index in [1.807, 2.05) is 13.8 Å². The van der Waals surface area contributed by atoms with Crippen LogP contribution in [0.4, 0.5) is 5.88 Å². The van der Waals surface area contributed by atoms with Gasteiger partial charge in [0, 0.05) is 6.07 Å². The average Bonchev–Trinajstić information content (AvgIpc) is 2.98. The summed E-state index contributed by atoms with van der Waals surface area (Å²) in [5, 5.41) is 6.25. The van der Waals surface area contributed by atoms with Crippen molar-refractivity contribution >= 4 is 29.4 Å². The maximum absolute atomic E-state index is 12.2. The zero-order valence-corrected chi connectivity index (χ0v) is 15.5. The maximum atomic E-state index is 12.2. The Bertz CT molecular complexity index is 803. The van der Waals surface area contributed by atoms with Crippen molar-refractivity contribution in [3.05, 3.63) is 34.5 Å². The van der Waals surface area contributed by atoms with E-state index in [0.717, 1.165) is 0 Å². The highest BCUT2D eigenvalue weighted by molar-refractivity contribution is 6.32. The lowest BCUT2D eigenvalue weighted by Crippen LogP contribution is -2.20. The van der Waals surface area contributed by atoms with Crippen molar-refractivity contribution in [2.24, 2.45) is 0 Å². The number of nitrogens with one attached hydrogen (secondary N) is 1. The van der Waals surface area contributed by atoms with E-state index in [1.54, 1.807) is 6.92 Å². The standard InChI is InChI=1S/C17H19ClN2O6/c1-9(2)25-16-12(18)6-11(7-13(16)23-4)17(22)24-8-14(21)19-15-5-10(3)20-26-15/h5-7,9H,8H2,1-4H3,(H,19,21). The van der Waals surface area contributed by atoms with Gasteiger partial charge < -0.3 is 18.7 Å². The van der Waals surface area contributed by atoms with E-state index in [9.17, 15) is 9.59 Å². The molecule has 2 rings (SSSR count). The van der Waals surface area contributed by atoms with Crippen LogP contribution in [0.1, 0.15) is 29.9 Å². The van der Waals surface area contributed by atoms with Gasteiger partial charge in [-0.05, 0) is 32.9 Å². The summed E-state index contributed by atoms with van der Waals surface area (Å²) in [5.74, 6) is -0.500. The topological polar surface area (TPSA) is 99.9 Å². The van der Waals surface area contributed by atoms with Crippen LogP contribution in [-0.4, -0.2) is 36.9 Å². The number of anilines is 1. The molecule has 0 aliphatic carbocycles. The van der Waals surface area contributed by atoms with Gasteiger partial charge >= 0.3 is 5.97 Å². The fourth-order valence-corrected chi connectivity index (χ4v) is 2.25. The number of hydrogen-bond acceptors (Lipinski definition) is 7. The zero-order chi connectivity index (χ0) is 19.3. The molecular weight excluding hydrogens is 364 g/mol. The van der Waals surface area contributed by atoms with Gasteiger partial charge in [0.05, 0.1) is 29.5 Å². The van der Waals surface area contributed by atoms with E-state index in [4.69, 9.17) is 30.3 Å². The number of ether oxygens (including phenoxy) is 3. The van der Waals surface area contributed by atoms with E-state index in [1.165, 1.54) is 25.3 Å². The molecule has 1 heterocycles. The van der Waals surface area contributed by atoms with Crippen LogP contribution >= 0.6 is 11.6 Å². The minimum atomic E-state index is -0.731. The Hall–Kier alpha value is -2.74. The van der Waals surface area contributed by atoms with Gasteiger partial charge in [-0.2, -0.15) is 0 Å². The Labute approximate surface area is 155 Å². The Morgan fingerprint density at radius 3 is 2.62 bits per heavy atom. The molecule has 0 atom stereocenters. The number of nitrogens with zero attached hydrogens (tertiary/aromatic N) is 1. The third-order valence-corrected chi connectivity index (χ3v) is 3.32. The monoisotopic (exact) mass is 382 g/mol. The summed E-state index contributed by atoms with van der Waals surface area (Å²) in [6.45, 7) is 4.89. The Kier molecular flexibility index (Phi) is 6.46. The highest BCUT2D eigenvalue weighted by Gasteiger charge is 2.18. The van der Waals surface area contributed by atoms with Gasteiger partial charge in [-0.3, -0.25) is 10.1 Å². The average molecular weight is 383 g/mol. The number of carbonyl (C=O) groups is 2. The first kappa shape index (κ1) is 19.6. The van der Waals surface area contributed by atoms with Crippen LogP contribution in [0.15, 0.2) is 22.7 Å². The van der Waals surface area contributed by atoms with Crippen LogP contribution in [0.3, 0.4) is 0 Å². The summed E-state index contributed by atoms with van der Waals surface area (Å²) >= 11 is 6.16. The molecule has 0 aliphatic heterocycles. The predicted octanol–water partition coefficient (Wildman–Crippen LogP) is 3.23. The van der Waals surface area contributed by atoms with Crippen molar-refractivity contribution in [1.29, 1.82) is 0 Å². The van der Waals surface area contributed by atoms with Crippen LogP contribution in [0.2, 0.25) is 5.02 Å². The highest BCUT2D eigenvalue weighted by Crippen LogP contribution is 2.37. The highest BCUT2D eigenvalue weighted by atomic mass is 35.5. The molecule has 0 radical (unpaired) electrons. The molecule has 1 aromatic carbocycles. The van der Waals surface area contributed by atoms with E-state index >= 15 is 0 Å². The molecule has 9 heteroatoms. The van der Waals surface area contributed by atoms with Crippen molar-refractivity contribution in [3.8, 4) is 11.5 Å². The third kappa shape index (κ3) is 5.13. The Morgan fingerprint density at radius 2 is 2.04 bits per heavy atom. The molecule has 0 spiro atoms. The van der Waals surface area contributed by atoms with Crippen LogP contribution in [-0.2, 0) is 9.53 Å². The van der Waals surface area contributed by atoms with E-state index in [-0.39, 0.29) is 22.6 Å².